The number of hydrogen-bond acceptors (Lipinski definition) is 2. The quantitative estimate of drug-likeness (QED) is 0.618. The number of fused-ring (bicyclic) bond motifs is 3. The normalized spacial score (nSPS) is 51.8. The first kappa shape index (κ1) is 13.0. The molecule has 0 saturated heterocycles. The van der Waals surface area contributed by atoms with Crippen molar-refractivity contribution in [1.29, 1.82) is 0 Å². The number of ether oxygens (including phenoxy) is 1. The number of thiophene rings is 1. The van der Waals surface area contributed by atoms with Crippen molar-refractivity contribution in [1.82, 2.24) is 0 Å². The number of rotatable bonds is 0. The average molecular weight is 314 g/mol. The molecule has 5 aliphatic carbocycles. The van der Waals surface area contributed by atoms with Crippen molar-refractivity contribution >= 4 is 11.3 Å². The minimum Gasteiger partial charge on any atom is -0.366 e. The van der Waals surface area contributed by atoms with Crippen molar-refractivity contribution in [3.05, 3.63) is 21.9 Å². The van der Waals surface area contributed by atoms with Gasteiger partial charge in [0, 0.05) is 10.8 Å². The molecule has 0 N–H and O–H groups in total. The van der Waals surface area contributed by atoms with Gasteiger partial charge in [0.1, 0.15) is 5.60 Å². The molecule has 5 fully saturated rings. The number of hydrogen-bond donors (Lipinski definition) is 0. The molecular formula is C20H26OS. The van der Waals surface area contributed by atoms with Crippen LogP contribution in [0.4, 0.5) is 0 Å². The maximum absolute atomic E-state index is 7.15. The van der Waals surface area contributed by atoms with E-state index in [1.54, 1.807) is 10.4 Å². The van der Waals surface area contributed by atoms with Gasteiger partial charge in [-0.25, -0.2) is 0 Å². The van der Waals surface area contributed by atoms with Gasteiger partial charge in [0.05, 0.1) is 6.10 Å². The Labute approximate surface area is 137 Å². The highest BCUT2D eigenvalue weighted by molar-refractivity contribution is 7.10. The molecule has 4 bridgehead atoms. The van der Waals surface area contributed by atoms with Crippen LogP contribution < -0.4 is 0 Å². The Morgan fingerprint density at radius 3 is 2.45 bits per heavy atom. The Kier molecular flexibility index (Phi) is 2.59. The fourth-order valence-corrected chi connectivity index (χ4v) is 8.45. The van der Waals surface area contributed by atoms with E-state index in [4.69, 9.17) is 4.74 Å². The molecule has 1 nitrogen and oxygen atoms in total. The summed E-state index contributed by atoms with van der Waals surface area (Å²) in [6.07, 6.45) is 13.4. The molecule has 1 aliphatic heterocycles. The summed E-state index contributed by atoms with van der Waals surface area (Å²) in [5, 5.41) is 2.37. The van der Waals surface area contributed by atoms with E-state index in [0.29, 0.717) is 6.10 Å². The highest BCUT2D eigenvalue weighted by Gasteiger charge is 2.62. The van der Waals surface area contributed by atoms with Crippen LogP contribution in [0.1, 0.15) is 74.1 Å². The van der Waals surface area contributed by atoms with Crippen molar-refractivity contribution in [2.75, 3.05) is 0 Å². The fraction of sp³-hybridized carbons (Fsp3) is 0.800. The monoisotopic (exact) mass is 314 g/mol. The minimum atomic E-state index is 0.140. The summed E-state index contributed by atoms with van der Waals surface area (Å²) in [4.78, 5) is 1.74. The lowest BCUT2D eigenvalue weighted by Gasteiger charge is -2.63. The van der Waals surface area contributed by atoms with Gasteiger partial charge in [0.2, 0.25) is 0 Å². The third kappa shape index (κ3) is 1.50. The van der Waals surface area contributed by atoms with Crippen LogP contribution in [0.25, 0.3) is 0 Å². The molecule has 118 valence electrons. The van der Waals surface area contributed by atoms with E-state index in [0.717, 1.165) is 29.6 Å². The lowest BCUT2D eigenvalue weighted by atomic mass is 9.47. The highest BCUT2D eigenvalue weighted by atomic mass is 32.1. The molecule has 1 aromatic heterocycles. The van der Waals surface area contributed by atoms with Crippen LogP contribution in [0.2, 0.25) is 0 Å². The minimum absolute atomic E-state index is 0.140. The van der Waals surface area contributed by atoms with Gasteiger partial charge >= 0.3 is 0 Å². The summed E-state index contributed by atoms with van der Waals surface area (Å²) >= 11 is 2.05. The smallest absolute Gasteiger partial charge is 0.100 e. The van der Waals surface area contributed by atoms with Crippen LogP contribution in [0.5, 0.6) is 0 Å². The van der Waals surface area contributed by atoms with Crippen LogP contribution in [0, 0.1) is 23.7 Å². The van der Waals surface area contributed by atoms with E-state index in [-0.39, 0.29) is 5.60 Å². The van der Waals surface area contributed by atoms with Gasteiger partial charge in [0.25, 0.3) is 0 Å². The first-order chi connectivity index (χ1) is 10.8. The zero-order valence-corrected chi connectivity index (χ0v) is 14.1. The van der Waals surface area contributed by atoms with Crippen molar-refractivity contribution in [3.8, 4) is 0 Å². The van der Waals surface area contributed by atoms with E-state index < -0.39 is 0 Å². The van der Waals surface area contributed by atoms with Crippen LogP contribution in [-0.4, -0.2) is 6.10 Å². The molecular weight excluding hydrogens is 288 g/mol. The fourth-order valence-electron chi connectivity index (χ4n) is 7.30. The van der Waals surface area contributed by atoms with E-state index >= 15 is 0 Å². The van der Waals surface area contributed by atoms with Crippen molar-refractivity contribution in [3.63, 3.8) is 0 Å². The Morgan fingerprint density at radius 1 is 0.955 bits per heavy atom. The van der Waals surface area contributed by atoms with Gasteiger partial charge in [-0.1, -0.05) is 12.8 Å². The van der Waals surface area contributed by atoms with Gasteiger partial charge < -0.3 is 4.74 Å². The molecule has 22 heavy (non-hydrogen) atoms. The van der Waals surface area contributed by atoms with Gasteiger partial charge in [-0.15, -0.1) is 11.3 Å². The van der Waals surface area contributed by atoms with Crippen LogP contribution in [0.3, 0.4) is 0 Å². The molecule has 1 aromatic rings. The summed E-state index contributed by atoms with van der Waals surface area (Å²) in [6, 6.07) is 2.47. The molecule has 0 amide bonds. The van der Waals surface area contributed by atoms with E-state index in [1.165, 1.54) is 57.8 Å². The predicted molar refractivity (Wildman–Crippen MR) is 89.1 cm³/mol. The van der Waals surface area contributed by atoms with Crippen LogP contribution in [-0.2, 0) is 10.3 Å². The van der Waals surface area contributed by atoms with Crippen molar-refractivity contribution in [2.45, 2.75) is 75.4 Å². The first-order valence-electron chi connectivity index (χ1n) is 9.60. The van der Waals surface area contributed by atoms with E-state index in [9.17, 15) is 0 Å². The lowest BCUT2D eigenvalue weighted by Crippen LogP contribution is -2.60. The molecule has 7 rings (SSSR count). The first-order valence-corrected chi connectivity index (χ1v) is 10.5. The largest absolute Gasteiger partial charge is 0.366 e. The maximum atomic E-state index is 7.15. The Bertz CT molecular complexity index is 575. The van der Waals surface area contributed by atoms with Crippen LogP contribution in [0.15, 0.2) is 11.4 Å². The topological polar surface area (TPSA) is 9.23 Å². The third-order valence-electron chi connectivity index (χ3n) is 7.85. The summed E-state index contributed by atoms with van der Waals surface area (Å²) in [5.41, 5.74) is 1.80. The second kappa shape index (κ2) is 4.39. The third-order valence-corrected chi connectivity index (χ3v) is 8.90. The molecule has 6 aliphatic rings. The Balaban J connectivity index is 1.52. The average Bonchev–Trinajstić information content (AvgIpc) is 3.02. The predicted octanol–water partition coefficient (Wildman–Crippen LogP) is 5.46. The molecule has 1 spiro atoms. The summed E-state index contributed by atoms with van der Waals surface area (Å²) < 4.78 is 7.15. The van der Waals surface area contributed by atoms with Crippen molar-refractivity contribution in [2.24, 2.45) is 23.7 Å². The molecule has 2 heterocycles. The Morgan fingerprint density at radius 2 is 1.68 bits per heavy atom. The zero-order chi connectivity index (χ0) is 14.3. The van der Waals surface area contributed by atoms with Gasteiger partial charge in [-0.05, 0) is 85.6 Å². The van der Waals surface area contributed by atoms with E-state index in [2.05, 4.69) is 11.4 Å². The van der Waals surface area contributed by atoms with Gasteiger partial charge in [-0.3, -0.25) is 0 Å². The standard InChI is InChI=1S/C20H26OS/c1-2-4-18-16(3-1)19-17(5-6-22-19)20(21-18)14-8-12-7-13(10-14)11-15(20)9-12/h5-6,12-16,18H,1-4,7-11H2/t12?,13?,14?,15?,16-,18-,20?/m1/s1. The summed E-state index contributed by atoms with van der Waals surface area (Å²) in [6.45, 7) is 0. The molecule has 5 saturated carbocycles. The Hall–Kier alpha value is -0.340. The second-order valence-electron chi connectivity index (χ2n) is 8.84. The highest BCUT2D eigenvalue weighted by Crippen LogP contribution is 2.67. The lowest BCUT2D eigenvalue weighted by molar-refractivity contribution is -0.248. The zero-order valence-electron chi connectivity index (χ0n) is 13.3. The van der Waals surface area contributed by atoms with Gasteiger partial charge in [0.15, 0.2) is 0 Å². The SMILES string of the molecule is c1cc2c(s1)[C@@H]1CCCC[C@H]1OC21C2CC3CC(C2)CC1C3. The van der Waals surface area contributed by atoms with Gasteiger partial charge in [-0.2, -0.15) is 0 Å². The van der Waals surface area contributed by atoms with E-state index in [1.807, 2.05) is 11.3 Å². The summed E-state index contributed by atoms with van der Waals surface area (Å²) in [5.74, 6) is 4.46. The second-order valence-corrected chi connectivity index (χ2v) is 9.79. The molecule has 2 atom stereocenters. The van der Waals surface area contributed by atoms with Crippen LogP contribution >= 0.6 is 11.3 Å². The molecule has 0 aromatic carbocycles. The molecule has 0 unspecified atom stereocenters. The molecule has 0 radical (unpaired) electrons. The maximum Gasteiger partial charge on any atom is 0.100 e. The van der Waals surface area contributed by atoms with Crippen molar-refractivity contribution < 1.29 is 4.74 Å². The molecule has 2 heteroatoms. The summed E-state index contributed by atoms with van der Waals surface area (Å²) in [7, 11) is 0.